The number of anilines is 1. The summed E-state index contributed by atoms with van der Waals surface area (Å²) in [7, 11) is 0. The molecule has 1 aliphatic carbocycles. The molecule has 0 radical (unpaired) electrons. The van der Waals surface area contributed by atoms with Gasteiger partial charge in [-0.3, -0.25) is 19.1 Å². The summed E-state index contributed by atoms with van der Waals surface area (Å²) in [5.41, 5.74) is 3.57. The molecule has 3 heterocycles. The van der Waals surface area contributed by atoms with Crippen LogP contribution in [0.5, 0.6) is 0 Å². The molecule has 0 bridgehead atoms. The highest BCUT2D eigenvalue weighted by Gasteiger charge is 2.30. The average Bonchev–Trinajstić information content (AvgIpc) is 3.01. The molecular formula is C21H24N4O. The van der Waals surface area contributed by atoms with Crippen LogP contribution in [0.2, 0.25) is 0 Å². The van der Waals surface area contributed by atoms with Crippen molar-refractivity contribution in [3.63, 3.8) is 0 Å². The minimum atomic E-state index is 0.0662. The third-order valence-electron chi connectivity index (χ3n) is 5.17. The van der Waals surface area contributed by atoms with Crippen LogP contribution in [0.1, 0.15) is 44.6 Å². The lowest BCUT2D eigenvalue weighted by molar-refractivity contribution is -0.117. The molecule has 0 spiro atoms. The summed E-state index contributed by atoms with van der Waals surface area (Å²) in [4.78, 5) is 24.0. The normalized spacial score (nSPS) is 15.3. The molecule has 0 saturated heterocycles. The van der Waals surface area contributed by atoms with E-state index in [1.165, 1.54) is 19.3 Å². The monoisotopic (exact) mass is 348 g/mol. The fourth-order valence-electron chi connectivity index (χ4n) is 3.96. The molecule has 3 aromatic heterocycles. The van der Waals surface area contributed by atoms with Gasteiger partial charge in [0.1, 0.15) is 17.2 Å². The van der Waals surface area contributed by atoms with Gasteiger partial charge in [0.25, 0.3) is 0 Å². The zero-order valence-electron chi connectivity index (χ0n) is 15.4. The lowest BCUT2D eigenvalue weighted by Crippen LogP contribution is -2.41. The lowest BCUT2D eigenvalue weighted by atomic mass is 9.94. The average molecular weight is 348 g/mol. The van der Waals surface area contributed by atoms with Gasteiger partial charge in [-0.05, 0) is 49.6 Å². The maximum atomic E-state index is 12.7. The van der Waals surface area contributed by atoms with E-state index < -0.39 is 0 Å². The number of aromatic nitrogens is 3. The molecular weight excluding hydrogens is 324 g/mol. The van der Waals surface area contributed by atoms with Crippen LogP contribution >= 0.6 is 0 Å². The number of aryl methyl sites for hydroxylation is 1. The van der Waals surface area contributed by atoms with Crippen molar-refractivity contribution in [2.24, 2.45) is 0 Å². The van der Waals surface area contributed by atoms with Crippen molar-refractivity contribution < 1.29 is 4.79 Å². The van der Waals surface area contributed by atoms with Crippen LogP contribution in [0, 0.1) is 6.92 Å². The van der Waals surface area contributed by atoms with Crippen molar-refractivity contribution in [3.05, 3.63) is 48.3 Å². The van der Waals surface area contributed by atoms with Crippen LogP contribution in [0.4, 0.5) is 5.82 Å². The highest BCUT2D eigenvalue weighted by molar-refractivity contribution is 5.95. The molecule has 1 fully saturated rings. The van der Waals surface area contributed by atoms with Crippen molar-refractivity contribution in [3.8, 4) is 11.4 Å². The second-order valence-corrected chi connectivity index (χ2v) is 7.11. The van der Waals surface area contributed by atoms with Gasteiger partial charge in [-0.2, -0.15) is 0 Å². The third kappa shape index (κ3) is 2.98. The topological polar surface area (TPSA) is 50.5 Å². The first-order valence-corrected chi connectivity index (χ1v) is 9.35. The molecule has 0 atom stereocenters. The van der Waals surface area contributed by atoms with Gasteiger partial charge in [-0.15, -0.1) is 0 Å². The Morgan fingerprint density at radius 1 is 1.19 bits per heavy atom. The van der Waals surface area contributed by atoms with Gasteiger partial charge < -0.3 is 0 Å². The van der Waals surface area contributed by atoms with Crippen LogP contribution in [0.15, 0.2) is 42.7 Å². The molecule has 26 heavy (non-hydrogen) atoms. The molecule has 0 aromatic carbocycles. The first kappa shape index (κ1) is 16.8. The van der Waals surface area contributed by atoms with E-state index in [1.54, 1.807) is 13.1 Å². The van der Waals surface area contributed by atoms with Gasteiger partial charge in [0.05, 0.1) is 5.69 Å². The van der Waals surface area contributed by atoms with Gasteiger partial charge in [-0.25, -0.2) is 4.98 Å². The second-order valence-electron chi connectivity index (χ2n) is 7.11. The number of carbonyl (C=O) groups is 1. The van der Waals surface area contributed by atoms with E-state index in [1.807, 2.05) is 33.7 Å². The number of hydrogen-bond donors (Lipinski definition) is 0. The molecule has 1 aliphatic rings. The van der Waals surface area contributed by atoms with Crippen molar-refractivity contribution >= 4 is 17.4 Å². The molecule has 134 valence electrons. The molecule has 0 unspecified atom stereocenters. The number of hydrogen-bond acceptors (Lipinski definition) is 3. The maximum absolute atomic E-state index is 12.7. The zero-order valence-corrected chi connectivity index (χ0v) is 15.4. The van der Waals surface area contributed by atoms with E-state index in [0.29, 0.717) is 0 Å². The largest absolute Gasteiger partial charge is 0.293 e. The van der Waals surface area contributed by atoms with Gasteiger partial charge in [0.15, 0.2) is 0 Å². The van der Waals surface area contributed by atoms with E-state index in [2.05, 4.69) is 24.0 Å². The molecule has 3 aromatic rings. The summed E-state index contributed by atoms with van der Waals surface area (Å²) in [6.45, 7) is 3.71. The Hall–Kier alpha value is -2.69. The minimum Gasteiger partial charge on any atom is -0.293 e. The van der Waals surface area contributed by atoms with Gasteiger partial charge in [0, 0.05) is 25.4 Å². The summed E-state index contributed by atoms with van der Waals surface area (Å²) < 4.78 is 2.03. The van der Waals surface area contributed by atoms with E-state index in [4.69, 9.17) is 4.98 Å². The zero-order chi connectivity index (χ0) is 18.1. The van der Waals surface area contributed by atoms with Gasteiger partial charge in [0.2, 0.25) is 5.91 Å². The van der Waals surface area contributed by atoms with Crippen LogP contribution in [-0.2, 0) is 4.79 Å². The smallest absolute Gasteiger partial charge is 0.225 e. The predicted octanol–water partition coefficient (Wildman–Crippen LogP) is 4.39. The predicted molar refractivity (Wildman–Crippen MR) is 103 cm³/mol. The Labute approximate surface area is 153 Å². The fraction of sp³-hybridized carbons (Fsp3) is 0.381. The summed E-state index contributed by atoms with van der Waals surface area (Å²) in [5, 5.41) is 0. The SMILES string of the molecule is CC(=O)N(c1c(-c2ccccn2)nc2cc(C)ccn12)C1CCCCC1. The van der Waals surface area contributed by atoms with Crippen LogP contribution in [0.25, 0.3) is 17.0 Å². The van der Waals surface area contributed by atoms with Crippen molar-refractivity contribution in [1.29, 1.82) is 0 Å². The highest BCUT2D eigenvalue weighted by atomic mass is 16.2. The second kappa shape index (κ2) is 6.90. The van der Waals surface area contributed by atoms with Crippen LogP contribution < -0.4 is 4.90 Å². The highest BCUT2D eigenvalue weighted by Crippen LogP contribution is 2.35. The number of pyridine rings is 2. The quantitative estimate of drug-likeness (QED) is 0.705. The lowest BCUT2D eigenvalue weighted by Gasteiger charge is -2.33. The molecule has 4 rings (SSSR count). The fourth-order valence-corrected chi connectivity index (χ4v) is 3.96. The Morgan fingerprint density at radius 3 is 2.69 bits per heavy atom. The third-order valence-corrected chi connectivity index (χ3v) is 5.17. The number of amides is 1. The summed E-state index contributed by atoms with van der Waals surface area (Å²) in [6, 6.07) is 10.1. The molecule has 0 N–H and O–H groups in total. The molecule has 5 nitrogen and oxygen atoms in total. The summed E-state index contributed by atoms with van der Waals surface area (Å²) >= 11 is 0. The van der Waals surface area contributed by atoms with Crippen molar-refractivity contribution in [2.75, 3.05) is 4.90 Å². The summed E-state index contributed by atoms with van der Waals surface area (Å²) in [5.74, 6) is 0.912. The number of imidazole rings is 1. The molecule has 1 saturated carbocycles. The van der Waals surface area contributed by atoms with Crippen molar-refractivity contribution in [2.45, 2.75) is 52.0 Å². The van der Waals surface area contributed by atoms with Crippen molar-refractivity contribution in [1.82, 2.24) is 14.4 Å². The molecule has 0 aliphatic heterocycles. The first-order valence-electron chi connectivity index (χ1n) is 9.35. The summed E-state index contributed by atoms with van der Waals surface area (Å²) in [6.07, 6.45) is 9.46. The minimum absolute atomic E-state index is 0.0662. The number of carbonyl (C=O) groups excluding carboxylic acids is 1. The number of fused-ring (bicyclic) bond motifs is 1. The first-order chi connectivity index (χ1) is 12.6. The Bertz CT molecular complexity index is 926. The Kier molecular flexibility index (Phi) is 4.45. The van der Waals surface area contributed by atoms with Crippen LogP contribution in [-0.4, -0.2) is 26.3 Å². The van der Waals surface area contributed by atoms with E-state index in [-0.39, 0.29) is 11.9 Å². The molecule has 5 heteroatoms. The van der Waals surface area contributed by atoms with E-state index in [0.717, 1.165) is 41.3 Å². The standard InChI is InChI=1S/C21H24N4O/c1-15-11-13-24-19(14-15)23-20(18-10-6-7-12-22-18)21(24)25(16(2)26)17-8-4-3-5-9-17/h6-7,10-14,17H,3-5,8-9H2,1-2H3. The Morgan fingerprint density at radius 2 is 2.00 bits per heavy atom. The van der Waals surface area contributed by atoms with Gasteiger partial charge >= 0.3 is 0 Å². The van der Waals surface area contributed by atoms with Crippen LogP contribution in [0.3, 0.4) is 0 Å². The number of nitrogens with zero attached hydrogens (tertiary/aromatic N) is 4. The number of rotatable bonds is 3. The maximum Gasteiger partial charge on any atom is 0.225 e. The van der Waals surface area contributed by atoms with Gasteiger partial charge in [-0.1, -0.05) is 25.3 Å². The Balaban J connectivity index is 1.94. The van der Waals surface area contributed by atoms with E-state index >= 15 is 0 Å². The molecule has 1 amide bonds. The van der Waals surface area contributed by atoms with E-state index in [9.17, 15) is 4.79 Å².